The molecule has 5 heterocycles. The highest BCUT2D eigenvalue weighted by Crippen LogP contribution is 2.44. The van der Waals surface area contributed by atoms with Crippen molar-refractivity contribution in [2.24, 2.45) is 0 Å². The Balaban J connectivity index is 1.17. The van der Waals surface area contributed by atoms with E-state index in [2.05, 4.69) is 189 Å². The molecule has 0 spiro atoms. The average Bonchev–Trinajstić information content (AvgIpc) is 4.03. The molecule has 0 unspecified atom stereocenters. The van der Waals surface area contributed by atoms with Gasteiger partial charge >= 0.3 is 0 Å². The van der Waals surface area contributed by atoms with Crippen LogP contribution in [0.3, 0.4) is 0 Å². The summed E-state index contributed by atoms with van der Waals surface area (Å²) in [6.07, 6.45) is 1.86. The fraction of sp³-hybridized carbons (Fsp3) is 0.143. The highest BCUT2D eigenvalue weighted by atomic mass is 16.3. The third-order valence-corrected chi connectivity index (χ3v) is 12.9. The van der Waals surface area contributed by atoms with E-state index in [1.807, 2.05) is 24.4 Å². The van der Waals surface area contributed by atoms with Gasteiger partial charge in [-0.15, -0.1) is 0 Å². The summed E-state index contributed by atoms with van der Waals surface area (Å²) >= 11 is 0. The maximum atomic E-state index is 6.44. The topological polar surface area (TPSA) is 64.6 Å². The van der Waals surface area contributed by atoms with Crippen molar-refractivity contribution in [1.82, 2.24) is 24.1 Å². The molecule has 6 nitrogen and oxygen atoms in total. The molecule has 5 aromatic heterocycles. The lowest BCUT2D eigenvalue weighted by Gasteiger charge is -2.22. The van der Waals surface area contributed by atoms with Crippen LogP contribution >= 0.6 is 0 Å². The van der Waals surface area contributed by atoms with E-state index in [0.29, 0.717) is 0 Å². The number of H-pyrrole nitrogens is 1. The highest BCUT2D eigenvalue weighted by molar-refractivity contribution is 6.18. The number of pyridine rings is 1. The minimum atomic E-state index is -0.144. The molecule has 0 saturated carbocycles. The molecule has 0 aliphatic heterocycles. The number of aromatic amines is 1. The Labute approximate surface area is 359 Å². The zero-order valence-electron chi connectivity index (χ0n) is 35.7. The van der Waals surface area contributed by atoms with E-state index >= 15 is 0 Å². The number of fused-ring (bicyclic) bond motifs is 10. The van der Waals surface area contributed by atoms with Crippen molar-refractivity contribution in [3.8, 4) is 34.0 Å². The minimum Gasteiger partial charge on any atom is -0.456 e. The van der Waals surface area contributed by atoms with Crippen LogP contribution in [-0.4, -0.2) is 24.1 Å². The average molecular weight is 804 g/mol. The van der Waals surface area contributed by atoms with Gasteiger partial charge in [-0.05, 0) is 94.3 Å². The number of para-hydroxylation sites is 3. The Hall–Kier alpha value is -7.44. The third kappa shape index (κ3) is 5.49. The van der Waals surface area contributed by atoms with Gasteiger partial charge in [0, 0.05) is 66.9 Å². The molecule has 0 amide bonds. The Bertz CT molecular complexity index is 3750. The minimum absolute atomic E-state index is 0.0227. The first-order valence-corrected chi connectivity index (χ1v) is 21.5. The first-order valence-electron chi connectivity index (χ1n) is 21.5. The van der Waals surface area contributed by atoms with Crippen LogP contribution in [0.1, 0.15) is 52.7 Å². The summed E-state index contributed by atoms with van der Waals surface area (Å²) in [5.41, 5.74) is 14.8. The number of benzene rings is 7. The zero-order chi connectivity index (χ0) is 42.1. The molecule has 12 rings (SSSR count). The number of hydrogen-bond donors (Lipinski definition) is 1. The molecular formula is C56H45N5O. The second kappa shape index (κ2) is 13.0. The first kappa shape index (κ1) is 36.4. The van der Waals surface area contributed by atoms with Crippen molar-refractivity contribution in [3.63, 3.8) is 0 Å². The highest BCUT2D eigenvalue weighted by Gasteiger charge is 2.26. The molecule has 0 aliphatic rings. The molecule has 12 aromatic rings. The van der Waals surface area contributed by atoms with Crippen LogP contribution in [0.5, 0.6) is 0 Å². The molecule has 7 aromatic carbocycles. The number of furan rings is 1. The number of nitrogens with zero attached hydrogens (tertiary/aromatic N) is 4. The number of imidazole rings is 1. The quantitative estimate of drug-likeness (QED) is 0.193. The summed E-state index contributed by atoms with van der Waals surface area (Å²) < 4.78 is 11.1. The summed E-state index contributed by atoms with van der Waals surface area (Å²) in [6, 6.07) is 54.7. The molecule has 0 saturated heterocycles. The van der Waals surface area contributed by atoms with Crippen LogP contribution < -0.4 is 0 Å². The summed E-state index contributed by atoms with van der Waals surface area (Å²) in [7, 11) is 0. The molecule has 300 valence electrons. The van der Waals surface area contributed by atoms with Gasteiger partial charge in [0.25, 0.3) is 0 Å². The van der Waals surface area contributed by atoms with Gasteiger partial charge in [-0.25, -0.2) is 9.97 Å². The lowest BCUT2D eigenvalue weighted by molar-refractivity contribution is 0.590. The molecule has 1 N–H and O–H groups in total. The first-order chi connectivity index (χ1) is 30.0. The van der Waals surface area contributed by atoms with Crippen LogP contribution in [0.2, 0.25) is 0 Å². The van der Waals surface area contributed by atoms with Crippen LogP contribution in [0.4, 0.5) is 0 Å². The van der Waals surface area contributed by atoms with E-state index in [-0.39, 0.29) is 10.8 Å². The smallest absolute Gasteiger partial charge is 0.147 e. The number of rotatable bonds is 4. The molecule has 0 aliphatic carbocycles. The number of aromatic nitrogens is 5. The fourth-order valence-corrected chi connectivity index (χ4v) is 9.58. The van der Waals surface area contributed by atoms with Crippen molar-refractivity contribution >= 4 is 76.6 Å². The Kier molecular flexibility index (Phi) is 7.65. The van der Waals surface area contributed by atoms with Crippen molar-refractivity contribution in [2.45, 2.75) is 52.4 Å². The van der Waals surface area contributed by atoms with Crippen LogP contribution in [0.15, 0.2) is 162 Å². The van der Waals surface area contributed by atoms with E-state index in [1.165, 1.54) is 21.9 Å². The monoisotopic (exact) mass is 803 g/mol. The van der Waals surface area contributed by atoms with E-state index in [1.54, 1.807) is 0 Å². The van der Waals surface area contributed by atoms with Gasteiger partial charge in [0.05, 0.1) is 27.6 Å². The SMILES string of the molecule is CC(C)(C)c1ccc(-n2c(-c3cccc4c3[nH]c3ccccc34)nc3c(-c4ccc5c6cc7c(cc6n(-c6ccccn6)c5c4)oc4ccccc47)cc(C(C)(C)C)cc32)cc1. The predicted molar refractivity (Wildman–Crippen MR) is 258 cm³/mol. The lowest BCUT2D eigenvalue weighted by Crippen LogP contribution is -2.12. The largest absolute Gasteiger partial charge is 0.456 e. The van der Waals surface area contributed by atoms with Crippen LogP contribution in [0, 0.1) is 0 Å². The molecule has 0 fully saturated rings. The van der Waals surface area contributed by atoms with E-state index in [0.717, 1.165) is 99.8 Å². The Morgan fingerprint density at radius 1 is 0.500 bits per heavy atom. The van der Waals surface area contributed by atoms with Gasteiger partial charge in [-0.2, -0.15) is 0 Å². The molecule has 62 heavy (non-hydrogen) atoms. The second-order valence-corrected chi connectivity index (χ2v) is 18.8. The summed E-state index contributed by atoms with van der Waals surface area (Å²) in [4.78, 5) is 14.4. The maximum Gasteiger partial charge on any atom is 0.147 e. The van der Waals surface area contributed by atoms with Crippen molar-refractivity contribution < 1.29 is 4.42 Å². The van der Waals surface area contributed by atoms with E-state index in [4.69, 9.17) is 14.4 Å². The summed E-state index contributed by atoms with van der Waals surface area (Å²) in [5, 5.41) is 6.92. The van der Waals surface area contributed by atoms with Gasteiger partial charge in [0.15, 0.2) is 0 Å². The maximum absolute atomic E-state index is 6.44. The number of hydrogen-bond acceptors (Lipinski definition) is 3. The third-order valence-electron chi connectivity index (χ3n) is 12.9. The fourth-order valence-electron chi connectivity index (χ4n) is 9.58. The van der Waals surface area contributed by atoms with Crippen molar-refractivity contribution in [3.05, 3.63) is 169 Å². The molecule has 0 radical (unpaired) electrons. The van der Waals surface area contributed by atoms with Crippen molar-refractivity contribution in [2.75, 3.05) is 0 Å². The molecular weight excluding hydrogens is 759 g/mol. The van der Waals surface area contributed by atoms with Gasteiger partial charge in [-0.3, -0.25) is 9.13 Å². The molecule has 6 heteroatoms. The Morgan fingerprint density at radius 2 is 1.24 bits per heavy atom. The van der Waals surface area contributed by atoms with Crippen LogP contribution in [-0.2, 0) is 10.8 Å². The van der Waals surface area contributed by atoms with Gasteiger partial charge < -0.3 is 9.40 Å². The molecule has 0 atom stereocenters. The van der Waals surface area contributed by atoms with E-state index in [9.17, 15) is 0 Å². The van der Waals surface area contributed by atoms with Gasteiger partial charge in [-0.1, -0.05) is 120 Å². The van der Waals surface area contributed by atoms with Gasteiger partial charge in [0.2, 0.25) is 0 Å². The summed E-state index contributed by atoms with van der Waals surface area (Å²) in [6.45, 7) is 13.7. The molecule has 0 bridgehead atoms. The van der Waals surface area contributed by atoms with E-state index < -0.39 is 0 Å². The Morgan fingerprint density at radius 3 is 2.03 bits per heavy atom. The lowest BCUT2D eigenvalue weighted by atomic mass is 9.84. The number of nitrogens with one attached hydrogen (secondary N) is 1. The predicted octanol–water partition coefficient (Wildman–Crippen LogP) is 15.0. The second-order valence-electron chi connectivity index (χ2n) is 18.8. The van der Waals surface area contributed by atoms with Crippen LogP contribution in [0.25, 0.3) is 111 Å². The van der Waals surface area contributed by atoms with Crippen molar-refractivity contribution in [1.29, 1.82) is 0 Å². The van der Waals surface area contributed by atoms with Gasteiger partial charge in [0.1, 0.15) is 22.8 Å². The summed E-state index contributed by atoms with van der Waals surface area (Å²) in [5.74, 6) is 1.75. The normalized spacial score (nSPS) is 12.7. The zero-order valence-corrected chi connectivity index (χ0v) is 35.7. The standard InChI is InChI=1S/C56H45N5O/c1-55(2,3)34-22-24-36(25-23-34)60-48-30-35(56(4,5)6)29-42(53(48)59-54(60)41-17-13-16-40-37-14-7-9-18-45(37)58-52(40)41)33-21-26-38-43-31-44-39-15-8-10-19-49(39)62-50(44)32-47(43)61(46(38)28-33)51-20-11-12-27-57-51/h7-32,58H,1-6H3.